The number of rotatable bonds is 7. The van der Waals surface area contributed by atoms with E-state index in [4.69, 9.17) is 9.47 Å². The highest BCUT2D eigenvalue weighted by molar-refractivity contribution is 6.04. The summed E-state index contributed by atoms with van der Waals surface area (Å²) in [5, 5.41) is 6.08. The van der Waals surface area contributed by atoms with Gasteiger partial charge in [-0.3, -0.25) is 4.79 Å². The number of ether oxygens (including phenoxy) is 2. The van der Waals surface area contributed by atoms with Gasteiger partial charge in [-0.05, 0) is 47.9 Å². The van der Waals surface area contributed by atoms with Gasteiger partial charge in [0.25, 0.3) is 5.91 Å². The van der Waals surface area contributed by atoms with Crippen molar-refractivity contribution < 1.29 is 14.3 Å². The molecule has 0 bridgehead atoms. The Balaban J connectivity index is 1.67. The van der Waals surface area contributed by atoms with Crippen LogP contribution in [0.4, 0.5) is 17.2 Å². The molecular weight excluding hydrogens is 366 g/mol. The standard InChI is InChI=1S/C23H25N3O3/c1-15(2)16-5-8-18(9-6-16)25-23(27)17-7-12-22(24-14-17)26-20-11-10-19(28-3)13-21(20)29-4/h5-15H,1-4H3,(H,24,26)(H,25,27). The summed E-state index contributed by atoms with van der Waals surface area (Å²) >= 11 is 0. The molecule has 0 aliphatic rings. The van der Waals surface area contributed by atoms with Gasteiger partial charge in [-0.25, -0.2) is 4.98 Å². The van der Waals surface area contributed by atoms with Gasteiger partial charge < -0.3 is 20.1 Å². The van der Waals surface area contributed by atoms with Gasteiger partial charge in [-0.1, -0.05) is 26.0 Å². The van der Waals surface area contributed by atoms with Crippen molar-refractivity contribution in [3.63, 3.8) is 0 Å². The van der Waals surface area contributed by atoms with Crippen LogP contribution in [-0.4, -0.2) is 25.1 Å². The predicted octanol–water partition coefficient (Wildman–Crippen LogP) is 5.22. The normalized spacial score (nSPS) is 10.5. The van der Waals surface area contributed by atoms with Crippen molar-refractivity contribution in [2.45, 2.75) is 19.8 Å². The van der Waals surface area contributed by atoms with Crippen LogP contribution < -0.4 is 20.1 Å². The zero-order valence-electron chi connectivity index (χ0n) is 17.0. The van der Waals surface area contributed by atoms with Gasteiger partial charge in [0.2, 0.25) is 0 Å². The molecule has 0 spiro atoms. The van der Waals surface area contributed by atoms with Gasteiger partial charge in [0.1, 0.15) is 17.3 Å². The lowest BCUT2D eigenvalue weighted by molar-refractivity contribution is 0.102. The third-order valence-electron chi connectivity index (χ3n) is 4.53. The van der Waals surface area contributed by atoms with Crippen LogP contribution >= 0.6 is 0 Å². The quantitative estimate of drug-likeness (QED) is 0.578. The minimum Gasteiger partial charge on any atom is -0.497 e. The zero-order chi connectivity index (χ0) is 20.8. The number of hydrogen-bond donors (Lipinski definition) is 2. The molecule has 1 heterocycles. The molecule has 0 aliphatic heterocycles. The SMILES string of the molecule is COc1ccc(Nc2ccc(C(=O)Nc3ccc(C(C)C)cc3)cn2)c(OC)c1. The molecule has 29 heavy (non-hydrogen) atoms. The number of methoxy groups -OCH3 is 2. The lowest BCUT2D eigenvalue weighted by Gasteiger charge is -2.12. The zero-order valence-corrected chi connectivity index (χ0v) is 17.0. The molecule has 3 rings (SSSR count). The Morgan fingerprint density at radius 2 is 1.72 bits per heavy atom. The van der Waals surface area contributed by atoms with Gasteiger partial charge in [0, 0.05) is 18.0 Å². The average Bonchev–Trinajstić information content (AvgIpc) is 2.74. The summed E-state index contributed by atoms with van der Waals surface area (Å²) in [4.78, 5) is 16.8. The Labute approximate surface area is 170 Å². The fourth-order valence-corrected chi connectivity index (χ4v) is 2.80. The molecule has 2 N–H and O–H groups in total. The minimum atomic E-state index is -0.205. The highest BCUT2D eigenvalue weighted by Gasteiger charge is 2.09. The fourth-order valence-electron chi connectivity index (χ4n) is 2.80. The highest BCUT2D eigenvalue weighted by atomic mass is 16.5. The van der Waals surface area contributed by atoms with Crippen LogP contribution in [0.25, 0.3) is 0 Å². The number of nitrogens with one attached hydrogen (secondary N) is 2. The Kier molecular flexibility index (Phi) is 6.34. The first kappa shape index (κ1) is 20.2. The maximum atomic E-state index is 12.5. The summed E-state index contributed by atoms with van der Waals surface area (Å²) < 4.78 is 10.6. The smallest absolute Gasteiger partial charge is 0.257 e. The van der Waals surface area contributed by atoms with Gasteiger partial charge in [-0.15, -0.1) is 0 Å². The first-order valence-corrected chi connectivity index (χ1v) is 9.36. The van der Waals surface area contributed by atoms with E-state index in [0.29, 0.717) is 28.8 Å². The van der Waals surface area contributed by atoms with Gasteiger partial charge in [-0.2, -0.15) is 0 Å². The molecule has 0 saturated heterocycles. The third-order valence-corrected chi connectivity index (χ3v) is 4.53. The molecule has 0 radical (unpaired) electrons. The maximum absolute atomic E-state index is 12.5. The summed E-state index contributed by atoms with van der Waals surface area (Å²) in [6, 6.07) is 16.8. The van der Waals surface area contributed by atoms with E-state index in [1.165, 1.54) is 11.8 Å². The lowest BCUT2D eigenvalue weighted by atomic mass is 10.0. The van der Waals surface area contributed by atoms with Crippen molar-refractivity contribution in [3.05, 3.63) is 71.9 Å². The lowest BCUT2D eigenvalue weighted by Crippen LogP contribution is -2.12. The first-order valence-electron chi connectivity index (χ1n) is 9.36. The van der Waals surface area contributed by atoms with Gasteiger partial charge in [0.05, 0.1) is 25.5 Å². The number of benzene rings is 2. The number of amides is 1. The minimum absolute atomic E-state index is 0.205. The number of aromatic nitrogens is 1. The van der Waals surface area contributed by atoms with Crippen LogP contribution in [0, 0.1) is 0 Å². The van der Waals surface area contributed by atoms with E-state index in [1.807, 2.05) is 36.4 Å². The number of nitrogens with zero attached hydrogens (tertiary/aromatic N) is 1. The molecule has 6 heteroatoms. The molecule has 1 aromatic heterocycles. The van der Waals surface area contributed by atoms with Crippen LogP contribution in [-0.2, 0) is 0 Å². The van der Waals surface area contributed by atoms with Crippen molar-refractivity contribution >= 4 is 23.1 Å². The molecular formula is C23H25N3O3. The fraction of sp³-hybridized carbons (Fsp3) is 0.217. The largest absolute Gasteiger partial charge is 0.497 e. The van der Waals surface area contributed by atoms with E-state index in [1.54, 1.807) is 32.4 Å². The first-order chi connectivity index (χ1) is 14.0. The van der Waals surface area contributed by atoms with Gasteiger partial charge in [0.15, 0.2) is 0 Å². The molecule has 6 nitrogen and oxygen atoms in total. The molecule has 2 aromatic carbocycles. The molecule has 3 aromatic rings. The van der Waals surface area contributed by atoms with E-state index in [9.17, 15) is 4.79 Å². The Morgan fingerprint density at radius 3 is 2.31 bits per heavy atom. The number of hydrogen-bond acceptors (Lipinski definition) is 5. The maximum Gasteiger partial charge on any atom is 0.257 e. The van der Waals surface area contributed by atoms with Crippen molar-refractivity contribution in [1.29, 1.82) is 0 Å². The van der Waals surface area contributed by atoms with E-state index >= 15 is 0 Å². The topological polar surface area (TPSA) is 72.5 Å². The van der Waals surface area contributed by atoms with Crippen molar-refractivity contribution in [2.24, 2.45) is 0 Å². The predicted molar refractivity (Wildman–Crippen MR) is 116 cm³/mol. The molecule has 150 valence electrons. The number of carbonyl (C=O) groups is 1. The second-order valence-electron chi connectivity index (χ2n) is 6.85. The van der Waals surface area contributed by atoms with Crippen LogP contribution in [0.3, 0.4) is 0 Å². The van der Waals surface area contributed by atoms with Crippen LogP contribution in [0.1, 0.15) is 35.7 Å². The second-order valence-corrected chi connectivity index (χ2v) is 6.85. The molecule has 1 amide bonds. The van der Waals surface area contributed by atoms with E-state index in [-0.39, 0.29) is 5.91 Å². The number of carbonyl (C=O) groups excluding carboxylic acids is 1. The van der Waals surface area contributed by atoms with Crippen molar-refractivity contribution in [1.82, 2.24) is 4.98 Å². The van der Waals surface area contributed by atoms with E-state index in [0.717, 1.165) is 11.4 Å². The number of anilines is 3. The van der Waals surface area contributed by atoms with Crippen LogP contribution in [0.15, 0.2) is 60.8 Å². The van der Waals surface area contributed by atoms with Crippen LogP contribution in [0.2, 0.25) is 0 Å². The summed E-state index contributed by atoms with van der Waals surface area (Å²) in [6.07, 6.45) is 1.54. The van der Waals surface area contributed by atoms with E-state index < -0.39 is 0 Å². The highest BCUT2D eigenvalue weighted by Crippen LogP contribution is 2.31. The van der Waals surface area contributed by atoms with Crippen LogP contribution in [0.5, 0.6) is 11.5 Å². The van der Waals surface area contributed by atoms with Crippen molar-refractivity contribution in [2.75, 3.05) is 24.9 Å². The molecule has 0 saturated carbocycles. The Morgan fingerprint density at radius 1 is 0.966 bits per heavy atom. The second kappa shape index (κ2) is 9.10. The Hall–Kier alpha value is -3.54. The Bertz CT molecular complexity index is 968. The molecule has 0 aliphatic carbocycles. The summed E-state index contributed by atoms with van der Waals surface area (Å²) in [6.45, 7) is 4.27. The van der Waals surface area contributed by atoms with Gasteiger partial charge >= 0.3 is 0 Å². The van der Waals surface area contributed by atoms with E-state index in [2.05, 4.69) is 29.5 Å². The van der Waals surface area contributed by atoms with Crippen molar-refractivity contribution in [3.8, 4) is 11.5 Å². The third kappa shape index (κ3) is 5.04. The molecule has 0 fully saturated rings. The number of pyridine rings is 1. The monoisotopic (exact) mass is 391 g/mol. The molecule has 0 unspecified atom stereocenters. The molecule has 0 atom stereocenters. The summed E-state index contributed by atoms with van der Waals surface area (Å²) in [7, 11) is 3.19. The summed E-state index contributed by atoms with van der Waals surface area (Å²) in [5.74, 6) is 2.19. The summed E-state index contributed by atoms with van der Waals surface area (Å²) in [5.41, 5.74) is 3.21. The average molecular weight is 391 g/mol.